The minimum atomic E-state index is -4.27. The highest BCUT2D eigenvalue weighted by Crippen LogP contribution is 2.38. The molecule has 0 saturated carbocycles. The summed E-state index contributed by atoms with van der Waals surface area (Å²) in [4.78, 5) is 0.253. The van der Waals surface area contributed by atoms with Crippen LogP contribution in [0.2, 0.25) is 0 Å². The van der Waals surface area contributed by atoms with Gasteiger partial charge in [-0.3, -0.25) is 0 Å². The predicted octanol–water partition coefficient (Wildman–Crippen LogP) is 9.81. The zero-order chi connectivity index (χ0) is 25.5. The number of alkyl halides is 7. The molecule has 0 bridgehead atoms. The lowest BCUT2D eigenvalue weighted by Crippen LogP contribution is -1.99. The van der Waals surface area contributed by atoms with Crippen LogP contribution in [0.1, 0.15) is 44.9 Å². The van der Waals surface area contributed by atoms with E-state index in [0.29, 0.717) is 12.4 Å². The number of hydrogen-bond donors (Lipinski definition) is 1. The summed E-state index contributed by atoms with van der Waals surface area (Å²) in [5.74, 6) is 0.588. The van der Waals surface area contributed by atoms with E-state index in [1.807, 2.05) is 0 Å². The van der Waals surface area contributed by atoms with Crippen LogP contribution in [0.5, 0.6) is 11.5 Å². The van der Waals surface area contributed by atoms with E-state index in [9.17, 15) is 26.3 Å². The first-order valence-corrected chi connectivity index (χ1v) is 13.3. The van der Waals surface area contributed by atoms with Crippen molar-refractivity contribution in [3.05, 3.63) is 48.5 Å². The molecule has 0 aliphatic rings. The molecule has 2 rings (SSSR count). The van der Waals surface area contributed by atoms with E-state index < -0.39 is 11.0 Å². The van der Waals surface area contributed by atoms with Gasteiger partial charge >= 0.3 is 11.0 Å². The van der Waals surface area contributed by atoms with Crippen molar-refractivity contribution in [2.45, 2.75) is 65.8 Å². The Morgan fingerprint density at radius 1 is 0.647 bits per heavy atom. The summed E-state index contributed by atoms with van der Waals surface area (Å²) >= 11 is 3.11. The van der Waals surface area contributed by atoms with Crippen molar-refractivity contribution in [1.82, 2.24) is 0 Å². The molecule has 0 aliphatic heterocycles. The molecule has 34 heavy (non-hydrogen) atoms. The van der Waals surface area contributed by atoms with Crippen LogP contribution >= 0.6 is 39.5 Å². The summed E-state index contributed by atoms with van der Waals surface area (Å²) < 4.78 is 77.3. The molecule has 0 amide bonds. The summed E-state index contributed by atoms with van der Waals surface area (Å²) in [6.07, 6.45) is 8.40. The second-order valence-electron chi connectivity index (χ2n) is 7.07. The smallest absolute Gasteiger partial charge is 0.446 e. The van der Waals surface area contributed by atoms with E-state index in [-0.39, 0.29) is 39.1 Å². The average molecular weight is 593 g/mol. The Bertz CT molecular complexity index is 784. The Labute approximate surface area is 213 Å². The minimum absolute atomic E-state index is 0.0403. The van der Waals surface area contributed by atoms with Gasteiger partial charge in [0.2, 0.25) is 0 Å². The zero-order valence-electron chi connectivity index (χ0n) is 18.3. The third kappa shape index (κ3) is 17.3. The Hall–Kier alpha value is -1.20. The van der Waals surface area contributed by atoms with Crippen LogP contribution in [0.15, 0.2) is 58.3 Å². The van der Waals surface area contributed by atoms with Gasteiger partial charge in [-0.1, -0.05) is 48.0 Å². The number of rotatable bonds is 12. The molecular weight excluding hydrogens is 566 g/mol. The maximum absolute atomic E-state index is 12.2. The van der Waals surface area contributed by atoms with Crippen LogP contribution in [-0.4, -0.2) is 28.1 Å². The quantitative estimate of drug-likeness (QED) is 0.115. The lowest BCUT2D eigenvalue weighted by molar-refractivity contribution is -0.0337. The molecule has 2 nitrogen and oxygen atoms in total. The van der Waals surface area contributed by atoms with Gasteiger partial charge in [0.05, 0.1) is 6.61 Å². The highest BCUT2D eigenvalue weighted by atomic mass is 79.9. The molecule has 0 radical (unpaired) electrons. The molecule has 0 heterocycles. The molecule has 0 spiro atoms. The molecule has 0 fully saturated rings. The number of benzene rings is 2. The van der Waals surface area contributed by atoms with E-state index >= 15 is 0 Å². The van der Waals surface area contributed by atoms with Gasteiger partial charge in [0.1, 0.15) is 11.5 Å². The maximum Gasteiger partial charge on any atom is 0.446 e. The molecule has 11 heteroatoms. The van der Waals surface area contributed by atoms with Crippen molar-refractivity contribution < 1.29 is 36.2 Å². The Balaban J connectivity index is 0.000000404. The number of ether oxygens (including phenoxy) is 1. The summed E-state index contributed by atoms with van der Waals surface area (Å²) in [6, 6.07) is 10.9. The van der Waals surface area contributed by atoms with Gasteiger partial charge in [-0.15, -0.1) is 0 Å². The monoisotopic (exact) mass is 592 g/mol. The van der Waals surface area contributed by atoms with Gasteiger partial charge in [0.15, 0.2) is 0 Å². The standard InChI is InChI=1S/C16H22BrF3OS.C7H5F3OS/c17-12-6-4-2-1-3-5-7-13-21-14-8-10-15(11-9-14)22-16(18,19)20;8-7(9,10)12-6-3-1-5(11)2-4-6/h8-11H,1-7,12-13H2;1-4,11H. The average Bonchev–Trinajstić information content (AvgIpc) is 2.74. The molecule has 1 N–H and O–H groups in total. The van der Waals surface area contributed by atoms with Crippen molar-refractivity contribution in [1.29, 1.82) is 0 Å². The number of hydrogen-bond acceptors (Lipinski definition) is 4. The number of phenolic OH excluding ortho intramolecular Hbond substituents is 1. The van der Waals surface area contributed by atoms with Crippen LogP contribution in [0.25, 0.3) is 0 Å². The summed E-state index contributed by atoms with van der Waals surface area (Å²) in [5, 5.41) is 9.85. The fourth-order valence-electron chi connectivity index (χ4n) is 2.66. The predicted molar refractivity (Wildman–Crippen MR) is 130 cm³/mol. The lowest BCUT2D eigenvalue weighted by Gasteiger charge is -2.08. The molecule has 0 aromatic heterocycles. The van der Waals surface area contributed by atoms with E-state index in [1.165, 1.54) is 68.5 Å². The van der Waals surface area contributed by atoms with Crippen LogP contribution in [0.4, 0.5) is 26.3 Å². The van der Waals surface area contributed by atoms with Gasteiger partial charge in [-0.25, -0.2) is 0 Å². The molecule has 0 atom stereocenters. The van der Waals surface area contributed by atoms with E-state index in [0.717, 1.165) is 18.2 Å². The zero-order valence-corrected chi connectivity index (χ0v) is 21.5. The molecule has 0 saturated heterocycles. The topological polar surface area (TPSA) is 29.5 Å². The third-order valence-corrected chi connectivity index (χ3v) is 6.21. The Morgan fingerprint density at radius 3 is 1.50 bits per heavy atom. The Morgan fingerprint density at radius 2 is 1.06 bits per heavy atom. The number of thioether (sulfide) groups is 2. The lowest BCUT2D eigenvalue weighted by atomic mass is 10.1. The van der Waals surface area contributed by atoms with E-state index in [2.05, 4.69) is 15.9 Å². The highest BCUT2D eigenvalue weighted by molar-refractivity contribution is 9.09. The molecule has 0 unspecified atom stereocenters. The number of phenols is 1. The third-order valence-electron chi connectivity index (χ3n) is 4.17. The minimum Gasteiger partial charge on any atom is -0.508 e. The van der Waals surface area contributed by atoms with Gasteiger partial charge in [0, 0.05) is 15.1 Å². The summed E-state index contributed by atoms with van der Waals surface area (Å²) in [5.41, 5.74) is -8.51. The van der Waals surface area contributed by atoms with Crippen molar-refractivity contribution in [3.63, 3.8) is 0 Å². The fourth-order valence-corrected chi connectivity index (χ4v) is 4.13. The van der Waals surface area contributed by atoms with Gasteiger partial charge in [0.25, 0.3) is 0 Å². The first kappa shape index (κ1) is 30.8. The van der Waals surface area contributed by atoms with E-state index in [1.54, 1.807) is 12.1 Å². The van der Waals surface area contributed by atoms with Crippen LogP contribution in [0.3, 0.4) is 0 Å². The van der Waals surface area contributed by atoms with Gasteiger partial charge in [-0.2, -0.15) is 26.3 Å². The van der Waals surface area contributed by atoms with Crippen LogP contribution in [-0.2, 0) is 0 Å². The Kier molecular flexibility index (Phi) is 14.9. The molecular formula is C23H27BrF6O2S2. The molecule has 192 valence electrons. The number of halogens is 7. The second kappa shape index (κ2) is 16.5. The van der Waals surface area contributed by atoms with Crippen LogP contribution < -0.4 is 4.74 Å². The summed E-state index contributed by atoms with van der Waals surface area (Å²) in [6.45, 7) is 0.618. The van der Waals surface area contributed by atoms with Gasteiger partial charge in [-0.05, 0) is 84.9 Å². The van der Waals surface area contributed by atoms with Gasteiger partial charge < -0.3 is 9.84 Å². The number of unbranched alkanes of at least 4 members (excludes halogenated alkanes) is 6. The molecule has 2 aromatic carbocycles. The fraction of sp³-hybridized carbons (Fsp3) is 0.478. The van der Waals surface area contributed by atoms with Crippen molar-refractivity contribution in [3.8, 4) is 11.5 Å². The van der Waals surface area contributed by atoms with Crippen molar-refractivity contribution in [2.75, 3.05) is 11.9 Å². The van der Waals surface area contributed by atoms with E-state index in [4.69, 9.17) is 9.84 Å². The van der Waals surface area contributed by atoms with Crippen molar-refractivity contribution in [2.24, 2.45) is 0 Å². The number of aromatic hydroxyl groups is 1. The maximum atomic E-state index is 12.2. The highest BCUT2D eigenvalue weighted by Gasteiger charge is 2.29. The second-order valence-corrected chi connectivity index (χ2v) is 10.1. The SMILES string of the molecule is FC(F)(F)Sc1ccc(OCCCCCCCCCBr)cc1.Oc1ccc(SC(F)(F)F)cc1. The first-order chi connectivity index (χ1) is 16.0. The van der Waals surface area contributed by atoms with Crippen molar-refractivity contribution >= 4 is 39.5 Å². The normalized spacial score (nSPS) is 11.6. The first-order valence-electron chi connectivity index (χ1n) is 10.6. The summed E-state index contributed by atoms with van der Waals surface area (Å²) in [7, 11) is 0. The molecule has 2 aromatic rings. The molecule has 0 aliphatic carbocycles. The largest absolute Gasteiger partial charge is 0.508 e. The van der Waals surface area contributed by atoms with Crippen LogP contribution in [0, 0.1) is 0 Å².